The zero-order chi connectivity index (χ0) is 25.1. The van der Waals surface area contributed by atoms with Crippen molar-refractivity contribution in [3.63, 3.8) is 0 Å². The molecule has 0 unspecified atom stereocenters. The monoisotopic (exact) mass is 534 g/mol. The minimum Gasteiger partial charge on any atom is -0.489 e. The molecule has 3 aromatic carbocycles. The topological polar surface area (TPSA) is 113 Å². The van der Waals surface area contributed by atoms with Crippen LogP contribution in [-0.4, -0.2) is 28.9 Å². The number of carboxylic acid groups (broad SMARTS) is 1. The lowest BCUT2D eigenvalue weighted by molar-refractivity contribution is -0.122. The van der Waals surface area contributed by atoms with Gasteiger partial charge in [-0.2, -0.15) is 0 Å². The predicted octanol–water partition coefficient (Wildman–Crippen LogP) is 4.70. The van der Waals surface area contributed by atoms with Crippen molar-refractivity contribution >= 4 is 51.5 Å². The lowest BCUT2D eigenvalue weighted by atomic mass is 10.1. The number of nitrogens with one attached hydrogen (secondary N) is 1. The van der Waals surface area contributed by atoms with Gasteiger partial charge in [0.25, 0.3) is 11.8 Å². The Morgan fingerprint density at radius 2 is 1.71 bits per heavy atom. The first kappa shape index (κ1) is 23.9. The van der Waals surface area contributed by atoms with Crippen LogP contribution in [0, 0.1) is 6.92 Å². The van der Waals surface area contributed by atoms with E-state index in [0.717, 1.165) is 20.5 Å². The number of halogens is 1. The SMILES string of the molecule is Cc1cc(N2C(=O)NC(=O)C(=Cc3ccc(OCc4ccc(C(=O)O)cc4)cc3)C2=O)ccc1Br. The van der Waals surface area contributed by atoms with Gasteiger partial charge in [0, 0.05) is 4.47 Å². The summed E-state index contributed by atoms with van der Waals surface area (Å²) in [5.74, 6) is -1.93. The second-order valence-electron chi connectivity index (χ2n) is 7.75. The third-order valence-electron chi connectivity index (χ3n) is 5.30. The molecular formula is C26H19BrN2O6. The molecule has 1 aliphatic rings. The van der Waals surface area contributed by atoms with Crippen LogP contribution in [-0.2, 0) is 16.2 Å². The number of urea groups is 1. The van der Waals surface area contributed by atoms with Gasteiger partial charge in [0.1, 0.15) is 17.9 Å². The zero-order valence-corrected chi connectivity index (χ0v) is 20.0. The minimum atomic E-state index is -0.994. The first-order valence-corrected chi connectivity index (χ1v) is 11.2. The first-order chi connectivity index (χ1) is 16.7. The van der Waals surface area contributed by atoms with Gasteiger partial charge in [0.05, 0.1) is 11.3 Å². The van der Waals surface area contributed by atoms with E-state index in [1.165, 1.54) is 18.2 Å². The van der Waals surface area contributed by atoms with Gasteiger partial charge in [-0.3, -0.25) is 14.9 Å². The highest BCUT2D eigenvalue weighted by molar-refractivity contribution is 9.10. The second kappa shape index (κ2) is 9.94. The quantitative estimate of drug-likeness (QED) is 0.350. The van der Waals surface area contributed by atoms with Crippen molar-refractivity contribution < 1.29 is 29.0 Å². The number of hydrogen-bond donors (Lipinski definition) is 2. The van der Waals surface area contributed by atoms with Crippen LogP contribution in [0.4, 0.5) is 10.5 Å². The van der Waals surface area contributed by atoms with Gasteiger partial charge in [0.2, 0.25) is 0 Å². The summed E-state index contributed by atoms with van der Waals surface area (Å²) in [6.45, 7) is 2.07. The van der Waals surface area contributed by atoms with Crippen LogP contribution in [0.2, 0.25) is 0 Å². The Balaban J connectivity index is 1.49. The maximum atomic E-state index is 13.0. The van der Waals surface area contributed by atoms with Crippen molar-refractivity contribution in [2.24, 2.45) is 0 Å². The number of carbonyl (C=O) groups excluding carboxylic acids is 3. The molecule has 1 heterocycles. The molecule has 4 rings (SSSR count). The highest BCUT2D eigenvalue weighted by Gasteiger charge is 2.36. The molecule has 0 atom stereocenters. The molecule has 0 bridgehead atoms. The fourth-order valence-corrected chi connectivity index (χ4v) is 3.64. The van der Waals surface area contributed by atoms with Crippen LogP contribution < -0.4 is 15.0 Å². The number of nitrogens with zero attached hydrogens (tertiary/aromatic N) is 1. The maximum absolute atomic E-state index is 13.0. The predicted molar refractivity (Wildman–Crippen MR) is 132 cm³/mol. The number of carboxylic acids is 1. The van der Waals surface area contributed by atoms with E-state index in [1.807, 2.05) is 6.92 Å². The van der Waals surface area contributed by atoms with E-state index in [1.54, 1.807) is 54.6 Å². The second-order valence-corrected chi connectivity index (χ2v) is 8.61. The van der Waals surface area contributed by atoms with Gasteiger partial charge in [0.15, 0.2) is 0 Å². The van der Waals surface area contributed by atoms with E-state index in [0.29, 0.717) is 17.0 Å². The molecule has 8 nitrogen and oxygen atoms in total. The number of aryl methyl sites for hydroxylation is 1. The van der Waals surface area contributed by atoms with Crippen molar-refractivity contribution in [2.45, 2.75) is 13.5 Å². The van der Waals surface area contributed by atoms with E-state index >= 15 is 0 Å². The number of amides is 4. The molecule has 2 N–H and O–H groups in total. The summed E-state index contributed by atoms with van der Waals surface area (Å²) >= 11 is 3.39. The Morgan fingerprint density at radius 3 is 2.34 bits per heavy atom. The lowest BCUT2D eigenvalue weighted by Crippen LogP contribution is -2.54. The van der Waals surface area contributed by atoms with Crippen LogP contribution >= 0.6 is 15.9 Å². The maximum Gasteiger partial charge on any atom is 0.335 e. The Kier molecular flexibility index (Phi) is 6.79. The van der Waals surface area contributed by atoms with Crippen LogP contribution in [0.25, 0.3) is 6.08 Å². The van der Waals surface area contributed by atoms with Gasteiger partial charge in [-0.25, -0.2) is 14.5 Å². The molecule has 4 amide bonds. The minimum absolute atomic E-state index is 0.169. The van der Waals surface area contributed by atoms with Gasteiger partial charge < -0.3 is 9.84 Å². The molecular weight excluding hydrogens is 516 g/mol. The fourth-order valence-electron chi connectivity index (χ4n) is 3.40. The Bertz CT molecular complexity index is 1360. The molecule has 0 radical (unpaired) electrons. The van der Waals surface area contributed by atoms with Gasteiger partial charge >= 0.3 is 12.0 Å². The van der Waals surface area contributed by atoms with Crippen LogP contribution in [0.15, 0.2) is 76.8 Å². The van der Waals surface area contributed by atoms with E-state index < -0.39 is 23.8 Å². The van der Waals surface area contributed by atoms with Crippen molar-refractivity contribution in [1.82, 2.24) is 5.32 Å². The summed E-state index contributed by atoms with van der Waals surface area (Å²) in [6, 6.07) is 17.3. The van der Waals surface area contributed by atoms with E-state index in [4.69, 9.17) is 9.84 Å². The Morgan fingerprint density at radius 1 is 1.03 bits per heavy atom. The smallest absolute Gasteiger partial charge is 0.335 e. The normalized spacial score (nSPS) is 14.7. The number of barbiturate groups is 1. The van der Waals surface area contributed by atoms with Crippen molar-refractivity contribution in [1.29, 1.82) is 0 Å². The Hall–Kier alpha value is -4.24. The first-order valence-electron chi connectivity index (χ1n) is 10.5. The van der Waals surface area contributed by atoms with Crippen molar-refractivity contribution in [2.75, 3.05) is 4.90 Å². The molecule has 0 spiro atoms. The number of carbonyl (C=O) groups is 4. The zero-order valence-electron chi connectivity index (χ0n) is 18.4. The number of anilines is 1. The summed E-state index contributed by atoms with van der Waals surface area (Å²) in [4.78, 5) is 49.7. The molecule has 0 aliphatic carbocycles. The van der Waals surface area contributed by atoms with Gasteiger partial charge in [-0.15, -0.1) is 0 Å². The molecule has 1 saturated heterocycles. The fraction of sp³-hybridized carbons (Fsp3) is 0.0769. The summed E-state index contributed by atoms with van der Waals surface area (Å²) in [5.41, 5.74) is 2.59. The van der Waals surface area contributed by atoms with Crippen LogP contribution in [0.3, 0.4) is 0 Å². The van der Waals surface area contributed by atoms with Gasteiger partial charge in [-0.05, 0) is 72.2 Å². The van der Waals surface area contributed by atoms with Crippen LogP contribution in [0.1, 0.15) is 27.0 Å². The summed E-state index contributed by atoms with van der Waals surface area (Å²) in [5, 5.41) is 11.2. The highest BCUT2D eigenvalue weighted by atomic mass is 79.9. The number of hydrogen-bond acceptors (Lipinski definition) is 5. The Labute approximate surface area is 209 Å². The highest BCUT2D eigenvalue weighted by Crippen LogP contribution is 2.26. The van der Waals surface area contributed by atoms with E-state index in [9.17, 15) is 19.2 Å². The van der Waals surface area contributed by atoms with Gasteiger partial charge in [-0.1, -0.05) is 40.2 Å². The molecule has 35 heavy (non-hydrogen) atoms. The summed E-state index contributed by atoms with van der Waals surface area (Å²) in [7, 11) is 0. The molecule has 1 aliphatic heterocycles. The third kappa shape index (κ3) is 5.30. The molecule has 1 fully saturated rings. The molecule has 3 aromatic rings. The van der Waals surface area contributed by atoms with E-state index in [2.05, 4.69) is 21.2 Å². The average molecular weight is 535 g/mol. The lowest BCUT2D eigenvalue weighted by Gasteiger charge is -2.26. The molecule has 0 saturated carbocycles. The molecule has 0 aromatic heterocycles. The van der Waals surface area contributed by atoms with Crippen molar-refractivity contribution in [3.05, 3.63) is 99.0 Å². The third-order valence-corrected chi connectivity index (χ3v) is 6.19. The summed E-state index contributed by atoms with van der Waals surface area (Å²) in [6.07, 6.45) is 1.41. The average Bonchev–Trinajstić information content (AvgIpc) is 2.83. The number of aromatic carboxylic acids is 1. The number of ether oxygens (including phenoxy) is 1. The van der Waals surface area contributed by atoms with Crippen LogP contribution in [0.5, 0.6) is 5.75 Å². The van der Waals surface area contributed by atoms with E-state index in [-0.39, 0.29) is 17.7 Å². The number of benzene rings is 3. The number of rotatable bonds is 6. The van der Waals surface area contributed by atoms with Crippen molar-refractivity contribution in [3.8, 4) is 5.75 Å². The number of imide groups is 2. The molecule has 9 heteroatoms. The largest absolute Gasteiger partial charge is 0.489 e. The molecule has 176 valence electrons. The standard InChI is InChI=1S/C26H19BrN2O6/c1-15-12-19(8-11-22(15)27)29-24(31)21(23(30)28-26(29)34)13-16-4-9-20(10-5-16)35-14-17-2-6-18(7-3-17)25(32)33/h2-13H,14H2,1H3,(H,32,33)(H,28,30,34). The summed E-state index contributed by atoms with van der Waals surface area (Å²) < 4.78 is 6.55.